The quantitative estimate of drug-likeness (QED) is 0.892. The summed E-state index contributed by atoms with van der Waals surface area (Å²) in [5, 5.41) is 11.6. The molecule has 0 radical (unpaired) electrons. The zero-order valence-electron chi connectivity index (χ0n) is 10.1. The first-order chi connectivity index (χ1) is 8.94. The standard InChI is InChI=1S/C13H13BrFNO3/c14-8-2-3-10(15)9(6-8)11(17)16-7-13(12(18)19)4-1-5-13/h2-3,6H,1,4-5,7H2,(H,16,17)(H,18,19). The molecule has 1 aromatic carbocycles. The molecule has 1 amide bonds. The summed E-state index contributed by atoms with van der Waals surface area (Å²) in [7, 11) is 0. The summed E-state index contributed by atoms with van der Waals surface area (Å²) in [6.45, 7) is 0.0348. The van der Waals surface area contributed by atoms with E-state index in [2.05, 4.69) is 21.2 Å². The van der Waals surface area contributed by atoms with E-state index in [1.54, 1.807) is 0 Å². The first kappa shape index (κ1) is 14.0. The molecule has 0 bridgehead atoms. The van der Waals surface area contributed by atoms with Crippen LogP contribution in [0.25, 0.3) is 0 Å². The SMILES string of the molecule is O=C(NCC1(C(=O)O)CCC1)c1cc(Br)ccc1F. The Morgan fingerprint density at radius 2 is 2.11 bits per heavy atom. The Hall–Kier alpha value is -1.43. The van der Waals surface area contributed by atoms with Crippen molar-refractivity contribution in [3.8, 4) is 0 Å². The zero-order chi connectivity index (χ0) is 14.0. The Kier molecular flexibility index (Phi) is 3.89. The minimum atomic E-state index is -0.909. The van der Waals surface area contributed by atoms with Gasteiger partial charge in [-0.1, -0.05) is 22.4 Å². The van der Waals surface area contributed by atoms with E-state index in [4.69, 9.17) is 5.11 Å². The van der Waals surface area contributed by atoms with Crippen LogP contribution in [0.15, 0.2) is 22.7 Å². The van der Waals surface area contributed by atoms with E-state index in [0.717, 1.165) is 6.42 Å². The number of hydrogen-bond acceptors (Lipinski definition) is 2. The van der Waals surface area contributed by atoms with Gasteiger partial charge in [0.05, 0.1) is 11.0 Å². The summed E-state index contributed by atoms with van der Waals surface area (Å²) in [6.07, 6.45) is 1.93. The summed E-state index contributed by atoms with van der Waals surface area (Å²) in [5.74, 6) is -2.13. The Balaban J connectivity index is 2.05. The molecule has 0 unspecified atom stereocenters. The summed E-state index contributed by atoms with van der Waals surface area (Å²) in [6, 6.07) is 4.06. The van der Waals surface area contributed by atoms with E-state index in [1.165, 1.54) is 18.2 Å². The Bertz CT molecular complexity index is 529. The molecule has 0 saturated heterocycles. The molecule has 2 rings (SSSR count). The molecule has 0 spiro atoms. The van der Waals surface area contributed by atoms with Crippen molar-refractivity contribution in [2.75, 3.05) is 6.54 Å². The van der Waals surface area contributed by atoms with Gasteiger partial charge in [0.15, 0.2) is 0 Å². The van der Waals surface area contributed by atoms with E-state index in [9.17, 15) is 14.0 Å². The van der Waals surface area contributed by atoms with Gasteiger partial charge in [-0.05, 0) is 31.0 Å². The lowest BCUT2D eigenvalue weighted by Gasteiger charge is -2.37. The van der Waals surface area contributed by atoms with Crippen molar-refractivity contribution in [2.45, 2.75) is 19.3 Å². The molecule has 0 heterocycles. The largest absolute Gasteiger partial charge is 0.481 e. The minimum absolute atomic E-state index is 0.0348. The van der Waals surface area contributed by atoms with Gasteiger partial charge in [0.1, 0.15) is 5.82 Å². The van der Waals surface area contributed by atoms with Crippen LogP contribution in [-0.4, -0.2) is 23.5 Å². The minimum Gasteiger partial charge on any atom is -0.481 e. The van der Waals surface area contributed by atoms with E-state index in [1.807, 2.05) is 0 Å². The summed E-state index contributed by atoms with van der Waals surface area (Å²) < 4.78 is 14.1. The van der Waals surface area contributed by atoms with Gasteiger partial charge in [-0.15, -0.1) is 0 Å². The number of amides is 1. The third-order valence-electron chi connectivity index (χ3n) is 3.52. The number of benzene rings is 1. The number of nitrogens with one attached hydrogen (secondary N) is 1. The zero-order valence-corrected chi connectivity index (χ0v) is 11.7. The van der Waals surface area contributed by atoms with Gasteiger partial charge in [0.2, 0.25) is 0 Å². The molecular formula is C13H13BrFNO3. The highest BCUT2D eigenvalue weighted by atomic mass is 79.9. The van der Waals surface area contributed by atoms with Gasteiger partial charge in [-0.3, -0.25) is 9.59 Å². The molecule has 0 aliphatic heterocycles. The second kappa shape index (κ2) is 5.28. The van der Waals surface area contributed by atoms with Gasteiger partial charge in [-0.25, -0.2) is 4.39 Å². The first-order valence-electron chi connectivity index (χ1n) is 5.91. The predicted octanol–water partition coefficient (Wildman–Crippen LogP) is 2.57. The van der Waals surface area contributed by atoms with Gasteiger partial charge in [-0.2, -0.15) is 0 Å². The van der Waals surface area contributed by atoms with Crippen LogP contribution in [-0.2, 0) is 4.79 Å². The van der Waals surface area contributed by atoms with Crippen LogP contribution >= 0.6 is 15.9 Å². The van der Waals surface area contributed by atoms with Gasteiger partial charge in [0.25, 0.3) is 5.91 Å². The first-order valence-corrected chi connectivity index (χ1v) is 6.71. The molecule has 1 fully saturated rings. The summed E-state index contributed by atoms with van der Waals surface area (Å²) >= 11 is 3.16. The number of carboxylic acid groups (broad SMARTS) is 1. The van der Waals surface area contributed by atoms with Gasteiger partial charge in [0, 0.05) is 11.0 Å². The molecule has 0 aromatic heterocycles. The van der Waals surface area contributed by atoms with Crippen LogP contribution < -0.4 is 5.32 Å². The Morgan fingerprint density at radius 3 is 2.63 bits per heavy atom. The molecule has 4 nitrogen and oxygen atoms in total. The topological polar surface area (TPSA) is 66.4 Å². The smallest absolute Gasteiger partial charge is 0.311 e. The number of rotatable bonds is 4. The summed E-state index contributed by atoms with van der Waals surface area (Å²) in [5.41, 5.74) is -0.966. The average molecular weight is 330 g/mol. The average Bonchev–Trinajstić information content (AvgIpc) is 2.30. The van der Waals surface area contributed by atoms with Crippen molar-refractivity contribution in [1.82, 2.24) is 5.32 Å². The van der Waals surface area contributed by atoms with Crippen molar-refractivity contribution in [2.24, 2.45) is 5.41 Å². The van der Waals surface area contributed by atoms with Crippen LogP contribution in [0.5, 0.6) is 0 Å². The fourth-order valence-electron chi connectivity index (χ4n) is 2.09. The van der Waals surface area contributed by atoms with Crippen LogP contribution in [0.3, 0.4) is 0 Å². The highest BCUT2D eigenvalue weighted by molar-refractivity contribution is 9.10. The molecule has 0 atom stereocenters. The number of carboxylic acids is 1. The second-order valence-corrected chi connectivity index (χ2v) is 5.66. The predicted molar refractivity (Wildman–Crippen MR) is 70.4 cm³/mol. The van der Waals surface area contributed by atoms with Gasteiger partial charge < -0.3 is 10.4 Å². The number of hydrogen-bond donors (Lipinski definition) is 2. The second-order valence-electron chi connectivity index (χ2n) is 4.75. The molecular weight excluding hydrogens is 317 g/mol. The number of carbonyl (C=O) groups is 2. The van der Waals surface area contributed by atoms with Gasteiger partial charge >= 0.3 is 5.97 Å². The van der Waals surface area contributed by atoms with Crippen LogP contribution in [0, 0.1) is 11.2 Å². The van der Waals surface area contributed by atoms with Crippen molar-refractivity contribution in [3.05, 3.63) is 34.1 Å². The maximum absolute atomic E-state index is 13.5. The molecule has 1 aliphatic carbocycles. The molecule has 102 valence electrons. The molecule has 2 N–H and O–H groups in total. The normalized spacial score (nSPS) is 16.5. The van der Waals surface area contributed by atoms with E-state index >= 15 is 0 Å². The molecule has 1 aliphatic rings. The highest BCUT2D eigenvalue weighted by Gasteiger charge is 2.44. The fraction of sp³-hybridized carbons (Fsp3) is 0.385. The third-order valence-corrected chi connectivity index (χ3v) is 4.02. The van der Waals surface area contributed by atoms with Crippen LogP contribution in [0.4, 0.5) is 4.39 Å². The lowest BCUT2D eigenvalue weighted by molar-refractivity contribution is -0.153. The molecule has 6 heteroatoms. The molecule has 19 heavy (non-hydrogen) atoms. The lowest BCUT2D eigenvalue weighted by atomic mass is 9.69. The van der Waals surface area contributed by atoms with Crippen molar-refractivity contribution >= 4 is 27.8 Å². The maximum Gasteiger partial charge on any atom is 0.311 e. The Labute approximate surface area is 118 Å². The highest BCUT2D eigenvalue weighted by Crippen LogP contribution is 2.40. The van der Waals surface area contributed by atoms with E-state index in [0.29, 0.717) is 17.3 Å². The van der Waals surface area contributed by atoms with Crippen molar-refractivity contribution in [3.63, 3.8) is 0 Å². The maximum atomic E-state index is 13.5. The molecule has 1 saturated carbocycles. The van der Waals surface area contributed by atoms with Crippen LogP contribution in [0.1, 0.15) is 29.6 Å². The van der Waals surface area contributed by atoms with Crippen molar-refractivity contribution < 1.29 is 19.1 Å². The summed E-state index contributed by atoms with van der Waals surface area (Å²) in [4.78, 5) is 23.0. The number of carbonyl (C=O) groups excluding carboxylic acids is 1. The van der Waals surface area contributed by atoms with Crippen molar-refractivity contribution in [1.29, 1.82) is 0 Å². The lowest BCUT2D eigenvalue weighted by Crippen LogP contribution is -2.47. The molecule has 1 aromatic rings. The number of aliphatic carboxylic acids is 1. The fourth-order valence-corrected chi connectivity index (χ4v) is 2.45. The third kappa shape index (κ3) is 2.78. The Morgan fingerprint density at radius 1 is 1.42 bits per heavy atom. The van der Waals surface area contributed by atoms with Crippen LogP contribution in [0.2, 0.25) is 0 Å². The van der Waals surface area contributed by atoms with E-state index in [-0.39, 0.29) is 12.1 Å². The monoisotopic (exact) mass is 329 g/mol. The van der Waals surface area contributed by atoms with E-state index < -0.39 is 23.1 Å². The number of halogens is 2.